The summed E-state index contributed by atoms with van der Waals surface area (Å²) < 4.78 is 26.9. The molecule has 6 heteroatoms. The maximum absolute atomic E-state index is 13.7. The Balaban J connectivity index is 1.86. The van der Waals surface area contributed by atoms with Gasteiger partial charge in [0.1, 0.15) is 0 Å². The van der Waals surface area contributed by atoms with E-state index >= 15 is 0 Å². The number of benzene rings is 1. The zero-order valence-corrected chi connectivity index (χ0v) is 14.6. The summed E-state index contributed by atoms with van der Waals surface area (Å²) in [6.45, 7) is 8.44. The highest BCUT2D eigenvalue weighted by Gasteiger charge is 2.22. The molecular formula is C18H28F2N4. The van der Waals surface area contributed by atoms with E-state index in [1.807, 2.05) is 6.92 Å². The molecule has 24 heavy (non-hydrogen) atoms. The van der Waals surface area contributed by atoms with Gasteiger partial charge in [0, 0.05) is 19.1 Å². The van der Waals surface area contributed by atoms with Gasteiger partial charge in [0.15, 0.2) is 17.6 Å². The number of nitrogens with zero attached hydrogens (tertiary/aromatic N) is 2. The first-order valence-electron chi connectivity index (χ1n) is 8.84. The fourth-order valence-electron chi connectivity index (χ4n) is 3.11. The lowest BCUT2D eigenvalue weighted by molar-refractivity contribution is 0.273. The molecule has 1 atom stereocenters. The van der Waals surface area contributed by atoms with E-state index in [9.17, 15) is 8.78 Å². The summed E-state index contributed by atoms with van der Waals surface area (Å²) in [6.07, 6.45) is 2.83. The number of likely N-dealkylation sites (N-methyl/N-ethyl adjacent to an activating group) is 1. The lowest BCUT2D eigenvalue weighted by Gasteiger charge is -2.21. The van der Waals surface area contributed by atoms with E-state index in [-0.39, 0.29) is 0 Å². The predicted octanol–water partition coefficient (Wildman–Crippen LogP) is 2.55. The summed E-state index contributed by atoms with van der Waals surface area (Å²) in [4.78, 5) is 7.10. The van der Waals surface area contributed by atoms with E-state index in [0.717, 1.165) is 38.2 Å². The van der Waals surface area contributed by atoms with Crippen molar-refractivity contribution in [3.63, 3.8) is 0 Å². The Labute approximate surface area is 143 Å². The Morgan fingerprint density at radius 2 is 2.12 bits per heavy atom. The summed E-state index contributed by atoms with van der Waals surface area (Å²) in [5.74, 6) is -0.822. The van der Waals surface area contributed by atoms with Crippen LogP contribution in [0.25, 0.3) is 0 Å². The zero-order valence-electron chi connectivity index (χ0n) is 14.6. The van der Waals surface area contributed by atoms with Crippen molar-refractivity contribution in [1.29, 1.82) is 0 Å². The second kappa shape index (κ2) is 9.57. The standard InChI is InChI=1S/C18H28F2N4/c1-3-21-18(23-13-15-8-6-12-24(15)4-2)22-11-10-14-7-5-9-16(19)17(14)20/h5,7,9,15H,3-4,6,8,10-13H2,1-2H3,(H2,21,22,23). The molecule has 0 aromatic heterocycles. The van der Waals surface area contributed by atoms with Crippen molar-refractivity contribution in [2.24, 2.45) is 4.99 Å². The third-order valence-corrected chi connectivity index (χ3v) is 4.43. The van der Waals surface area contributed by atoms with Crippen molar-refractivity contribution < 1.29 is 8.78 Å². The maximum Gasteiger partial charge on any atom is 0.191 e. The lowest BCUT2D eigenvalue weighted by Crippen LogP contribution is -2.40. The van der Waals surface area contributed by atoms with Crippen molar-refractivity contribution in [3.8, 4) is 0 Å². The van der Waals surface area contributed by atoms with Gasteiger partial charge in [0.05, 0.1) is 6.54 Å². The van der Waals surface area contributed by atoms with Crippen LogP contribution < -0.4 is 10.6 Å². The van der Waals surface area contributed by atoms with Gasteiger partial charge in [0.25, 0.3) is 0 Å². The first kappa shape index (κ1) is 18.6. The molecule has 1 aliphatic rings. The average Bonchev–Trinajstić information content (AvgIpc) is 3.04. The quantitative estimate of drug-likeness (QED) is 0.593. The SMILES string of the molecule is CCNC(=NCC1CCCN1CC)NCCc1cccc(F)c1F. The topological polar surface area (TPSA) is 39.7 Å². The van der Waals surface area contributed by atoms with Crippen LogP contribution in [-0.4, -0.2) is 49.6 Å². The third-order valence-electron chi connectivity index (χ3n) is 4.43. The van der Waals surface area contributed by atoms with Crippen LogP contribution in [0.4, 0.5) is 8.78 Å². The van der Waals surface area contributed by atoms with Crippen LogP contribution in [0.15, 0.2) is 23.2 Å². The van der Waals surface area contributed by atoms with Gasteiger partial charge >= 0.3 is 0 Å². The molecular weight excluding hydrogens is 310 g/mol. The highest BCUT2D eigenvalue weighted by molar-refractivity contribution is 5.79. The molecule has 2 N–H and O–H groups in total. The molecule has 0 bridgehead atoms. The number of hydrogen-bond donors (Lipinski definition) is 2. The van der Waals surface area contributed by atoms with Gasteiger partial charge in [-0.05, 0) is 50.9 Å². The van der Waals surface area contributed by atoms with Crippen LogP contribution >= 0.6 is 0 Å². The highest BCUT2D eigenvalue weighted by atomic mass is 19.2. The van der Waals surface area contributed by atoms with Gasteiger partial charge in [-0.15, -0.1) is 0 Å². The Kier molecular flexibility index (Phi) is 7.43. The predicted molar refractivity (Wildman–Crippen MR) is 94.3 cm³/mol. The van der Waals surface area contributed by atoms with Crippen LogP contribution in [-0.2, 0) is 6.42 Å². The molecule has 1 aromatic rings. The van der Waals surface area contributed by atoms with Gasteiger partial charge in [-0.25, -0.2) is 8.78 Å². The molecule has 0 saturated carbocycles. The third kappa shape index (κ3) is 5.16. The minimum absolute atomic E-state index is 0.381. The Morgan fingerprint density at radius 3 is 2.88 bits per heavy atom. The molecule has 1 aromatic carbocycles. The van der Waals surface area contributed by atoms with Crippen LogP contribution in [0.1, 0.15) is 32.3 Å². The second-order valence-electron chi connectivity index (χ2n) is 6.03. The number of likely N-dealkylation sites (tertiary alicyclic amines) is 1. The molecule has 0 amide bonds. The van der Waals surface area contributed by atoms with Gasteiger partial charge in [-0.1, -0.05) is 19.1 Å². The molecule has 0 spiro atoms. The molecule has 1 saturated heterocycles. The molecule has 134 valence electrons. The summed E-state index contributed by atoms with van der Waals surface area (Å²) in [6, 6.07) is 4.79. The maximum atomic E-state index is 13.7. The van der Waals surface area contributed by atoms with Crippen molar-refractivity contribution in [2.45, 2.75) is 39.2 Å². The lowest BCUT2D eigenvalue weighted by atomic mass is 10.1. The summed E-state index contributed by atoms with van der Waals surface area (Å²) in [5, 5.41) is 6.41. The van der Waals surface area contributed by atoms with Crippen LogP contribution in [0, 0.1) is 11.6 Å². The monoisotopic (exact) mass is 338 g/mol. The first-order valence-corrected chi connectivity index (χ1v) is 8.84. The molecule has 0 aliphatic carbocycles. The van der Waals surface area contributed by atoms with E-state index in [0.29, 0.717) is 24.6 Å². The number of aliphatic imine (C=N–C) groups is 1. The minimum Gasteiger partial charge on any atom is -0.357 e. The fourth-order valence-corrected chi connectivity index (χ4v) is 3.11. The second-order valence-corrected chi connectivity index (χ2v) is 6.03. The van der Waals surface area contributed by atoms with E-state index in [2.05, 4.69) is 27.4 Å². The minimum atomic E-state index is -0.797. The Hall–Kier alpha value is -1.69. The van der Waals surface area contributed by atoms with Crippen LogP contribution in [0.3, 0.4) is 0 Å². The van der Waals surface area contributed by atoms with E-state index in [1.165, 1.54) is 18.9 Å². The molecule has 1 aliphatic heterocycles. The molecule has 4 nitrogen and oxygen atoms in total. The number of halogens is 2. The number of nitrogens with one attached hydrogen (secondary N) is 2. The normalized spacial score (nSPS) is 18.8. The zero-order chi connectivity index (χ0) is 17.4. The van der Waals surface area contributed by atoms with E-state index in [4.69, 9.17) is 0 Å². The Bertz CT molecular complexity index is 548. The highest BCUT2D eigenvalue weighted by Crippen LogP contribution is 2.16. The van der Waals surface area contributed by atoms with E-state index in [1.54, 1.807) is 6.07 Å². The van der Waals surface area contributed by atoms with Crippen LogP contribution in [0.2, 0.25) is 0 Å². The van der Waals surface area contributed by atoms with Crippen molar-refractivity contribution in [2.75, 3.05) is 32.7 Å². The summed E-state index contributed by atoms with van der Waals surface area (Å²) in [7, 11) is 0. The average molecular weight is 338 g/mol. The van der Waals surface area contributed by atoms with Gasteiger partial charge in [-0.2, -0.15) is 0 Å². The van der Waals surface area contributed by atoms with Crippen molar-refractivity contribution in [3.05, 3.63) is 35.4 Å². The van der Waals surface area contributed by atoms with Crippen molar-refractivity contribution >= 4 is 5.96 Å². The smallest absolute Gasteiger partial charge is 0.191 e. The largest absolute Gasteiger partial charge is 0.357 e. The van der Waals surface area contributed by atoms with Gasteiger partial charge in [-0.3, -0.25) is 9.89 Å². The Morgan fingerprint density at radius 1 is 1.29 bits per heavy atom. The fraction of sp³-hybridized carbons (Fsp3) is 0.611. The number of hydrogen-bond acceptors (Lipinski definition) is 2. The molecule has 1 heterocycles. The molecule has 1 unspecified atom stereocenters. The van der Waals surface area contributed by atoms with Crippen LogP contribution in [0.5, 0.6) is 0 Å². The van der Waals surface area contributed by atoms with Gasteiger partial charge < -0.3 is 10.6 Å². The molecule has 1 fully saturated rings. The molecule has 2 rings (SSSR count). The first-order chi connectivity index (χ1) is 11.7. The summed E-state index contributed by atoms with van der Waals surface area (Å²) in [5.41, 5.74) is 0.381. The molecule has 0 radical (unpaired) electrons. The summed E-state index contributed by atoms with van der Waals surface area (Å²) >= 11 is 0. The number of rotatable bonds is 7. The van der Waals surface area contributed by atoms with Crippen molar-refractivity contribution in [1.82, 2.24) is 15.5 Å². The number of guanidine groups is 1. The van der Waals surface area contributed by atoms with E-state index < -0.39 is 11.6 Å². The van der Waals surface area contributed by atoms with Gasteiger partial charge in [0.2, 0.25) is 0 Å².